The van der Waals surface area contributed by atoms with E-state index in [4.69, 9.17) is 0 Å². The molecular weight excluding hydrogens is 292 g/mol. The maximum atomic E-state index is 12.2. The molecule has 1 unspecified atom stereocenters. The molecule has 0 aliphatic carbocycles. The zero-order valence-corrected chi connectivity index (χ0v) is 13.4. The highest BCUT2D eigenvalue weighted by Crippen LogP contribution is 2.13. The van der Waals surface area contributed by atoms with Gasteiger partial charge in [0.15, 0.2) is 5.78 Å². The van der Waals surface area contributed by atoms with E-state index in [2.05, 4.69) is 4.72 Å². The van der Waals surface area contributed by atoms with Crippen LogP contribution in [-0.2, 0) is 14.8 Å². The van der Waals surface area contributed by atoms with Crippen molar-refractivity contribution in [2.24, 2.45) is 0 Å². The molecular formula is C14H20N2O4S. The minimum Gasteiger partial charge on any atom is -0.347 e. The fourth-order valence-corrected chi connectivity index (χ4v) is 3.02. The Morgan fingerprint density at radius 2 is 1.90 bits per heavy atom. The van der Waals surface area contributed by atoms with Crippen LogP contribution in [0.25, 0.3) is 0 Å². The van der Waals surface area contributed by atoms with Gasteiger partial charge in [-0.2, -0.15) is 4.72 Å². The summed E-state index contributed by atoms with van der Waals surface area (Å²) >= 11 is 0. The largest absolute Gasteiger partial charge is 0.347 e. The van der Waals surface area contributed by atoms with Crippen molar-refractivity contribution in [1.82, 2.24) is 9.62 Å². The van der Waals surface area contributed by atoms with Gasteiger partial charge in [-0.05, 0) is 19.1 Å². The maximum absolute atomic E-state index is 12.2. The van der Waals surface area contributed by atoms with Gasteiger partial charge in [-0.1, -0.05) is 19.1 Å². The van der Waals surface area contributed by atoms with Crippen molar-refractivity contribution in [1.29, 1.82) is 0 Å². The molecule has 0 aliphatic rings. The minimum absolute atomic E-state index is 0.0276. The summed E-state index contributed by atoms with van der Waals surface area (Å²) in [4.78, 5) is 24.6. The predicted molar refractivity (Wildman–Crippen MR) is 79.5 cm³/mol. The number of ketones is 1. The van der Waals surface area contributed by atoms with Gasteiger partial charge in [0, 0.05) is 26.1 Å². The number of benzene rings is 1. The summed E-state index contributed by atoms with van der Waals surface area (Å²) in [5, 5.41) is 0. The Kier molecular flexibility index (Phi) is 5.62. The van der Waals surface area contributed by atoms with Crippen molar-refractivity contribution in [2.75, 3.05) is 14.1 Å². The smallest absolute Gasteiger partial charge is 0.241 e. The van der Waals surface area contributed by atoms with Crippen LogP contribution in [0.2, 0.25) is 0 Å². The Morgan fingerprint density at radius 1 is 1.29 bits per heavy atom. The molecule has 1 rings (SSSR count). The van der Waals surface area contributed by atoms with Crippen molar-refractivity contribution in [3.05, 3.63) is 29.8 Å². The van der Waals surface area contributed by atoms with E-state index in [1.54, 1.807) is 27.1 Å². The second-order valence-corrected chi connectivity index (χ2v) is 6.59. The molecule has 0 bridgehead atoms. The van der Waals surface area contributed by atoms with E-state index in [0.29, 0.717) is 12.0 Å². The zero-order valence-electron chi connectivity index (χ0n) is 12.6. The Balaban J connectivity index is 3.03. The number of nitrogens with zero attached hydrogens (tertiary/aromatic N) is 1. The molecule has 21 heavy (non-hydrogen) atoms. The summed E-state index contributed by atoms with van der Waals surface area (Å²) in [5.41, 5.74) is 0.340. The highest BCUT2D eigenvalue weighted by atomic mass is 32.2. The van der Waals surface area contributed by atoms with Crippen LogP contribution in [0.5, 0.6) is 0 Å². The summed E-state index contributed by atoms with van der Waals surface area (Å²) in [6.45, 7) is 3.18. The first-order valence-corrected chi connectivity index (χ1v) is 8.04. The molecule has 1 aromatic rings. The van der Waals surface area contributed by atoms with Gasteiger partial charge in [-0.3, -0.25) is 9.59 Å². The number of amides is 1. The quantitative estimate of drug-likeness (QED) is 0.795. The van der Waals surface area contributed by atoms with Crippen LogP contribution in [0.15, 0.2) is 29.2 Å². The van der Waals surface area contributed by atoms with E-state index < -0.39 is 16.1 Å². The van der Waals surface area contributed by atoms with Gasteiger partial charge >= 0.3 is 0 Å². The molecule has 1 amide bonds. The number of carbonyl (C=O) groups excluding carboxylic acids is 2. The van der Waals surface area contributed by atoms with Gasteiger partial charge in [-0.25, -0.2) is 8.42 Å². The molecule has 0 aromatic heterocycles. The molecule has 0 radical (unpaired) electrons. The van der Waals surface area contributed by atoms with E-state index in [9.17, 15) is 18.0 Å². The normalized spacial score (nSPS) is 12.8. The van der Waals surface area contributed by atoms with Gasteiger partial charge in [0.05, 0.1) is 10.9 Å². The number of likely N-dealkylation sites (N-methyl/N-ethyl adjacent to an activating group) is 1. The monoisotopic (exact) mass is 312 g/mol. The Morgan fingerprint density at radius 3 is 2.43 bits per heavy atom. The van der Waals surface area contributed by atoms with Crippen molar-refractivity contribution >= 4 is 21.7 Å². The second-order valence-electron chi connectivity index (χ2n) is 4.88. The lowest BCUT2D eigenvalue weighted by atomic mass is 10.1. The van der Waals surface area contributed by atoms with Crippen LogP contribution in [0, 0.1) is 0 Å². The maximum Gasteiger partial charge on any atom is 0.241 e. The Bertz CT molecular complexity index is 638. The van der Waals surface area contributed by atoms with E-state index in [0.717, 1.165) is 0 Å². The molecule has 0 heterocycles. The molecule has 0 fully saturated rings. The fraction of sp³-hybridized carbons (Fsp3) is 0.429. The Labute approximate surface area is 125 Å². The molecule has 1 N–H and O–H groups in total. The third kappa shape index (κ3) is 4.37. The van der Waals surface area contributed by atoms with Gasteiger partial charge in [-0.15, -0.1) is 0 Å². The first kappa shape index (κ1) is 17.3. The summed E-state index contributed by atoms with van der Waals surface area (Å²) in [7, 11) is -0.753. The van der Waals surface area contributed by atoms with Crippen molar-refractivity contribution in [3.8, 4) is 0 Å². The Hall–Kier alpha value is -1.73. The van der Waals surface area contributed by atoms with E-state index in [-0.39, 0.29) is 16.6 Å². The third-order valence-electron chi connectivity index (χ3n) is 2.93. The number of Topliss-reactive ketones (excluding diaryl/α,β-unsaturated/α-hetero) is 1. The zero-order chi connectivity index (χ0) is 16.2. The first-order valence-electron chi connectivity index (χ1n) is 6.55. The molecule has 1 atom stereocenters. The SMILES string of the molecule is CCC(=O)c1cccc(S(=O)(=O)NC(C)C(=O)N(C)C)c1. The molecule has 6 nitrogen and oxygen atoms in total. The van der Waals surface area contributed by atoms with Gasteiger partial charge in [0.25, 0.3) is 0 Å². The third-order valence-corrected chi connectivity index (χ3v) is 4.47. The number of rotatable bonds is 6. The highest BCUT2D eigenvalue weighted by molar-refractivity contribution is 7.89. The molecule has 0 spiro atoms. The topological polar surface area (TPSA) is 83.5 Å². The van der Waals surface area contributed by atoms with Crippen LogP contribution in [0.4, 0.5) is 0 Å². The van der Waals surface area contributed by atoms with Crippen molar-refractivity contribution in [3.63, 3.8) is 0 Å². The van der Waals surface area contributed by atoms with Crippen molar-refractivity contribution < 1.29 is 18.0 Å². The number of sulfonamides is 1. The first-order chi connectivity index (χ1) is 9.69. The minimum atomic E-state index is -3.85. The van der Waals surface area contributed by atoms with Crippen LogP contribution in [0.3, 0.4) is 0 Å². The summed E-state index contributed by atoms with van der Waals surface area (Å²) in [6, 6.07) is 4.91. The lowest BCUT2D eigenvalue weighted by Crippen LogP contribution is -2.44. The molecule has 7 heteroatoms. The van der Waals surface area contributed by atoms with Gasteiger partial charge in [0.1, 0.15) is 0 Å². The summed E-state index contributed by atoms with van der Waals surface area (Å²) < 4.78 is 26.8. The van der Waals surface area contributed by atoms with Gasteiger partial charge < -0.3 is 4.90 Å². The van der Waals surface area contributed by atoms with Gasteiger partial charge in [0.2, 0.25) is 15.9 Å². The van der Waals surface area contributed by atoms with E-state index in [1.807, 2.05) is 0 Å². The fourth-order valence-electron chi connectivity index (χ4n) is 1.78. The van der Waals surface area contributed by atoms with Crippen LogP contribution in [-0.4, -0.2) is 45.1 Å². The standard InChI is InChI=1S/C14H20N2O4S/c1-5-13(17)11-7-6-8-12(9-11)21(19,20)15-10(2)14(18)16(3)4/h6-10,15H,5H2,1-4H3. The molecule has 1 aromatic carbocycles. The summed E-state index contributed by atoms with van der Waals surface area (Å²) in [5.74, 6) is -0.483. The van der Waals surface area contributed by atoms with Crippen LogP contribution in [0.1, 0.15) is 30.6 Å². The van der Waals surface area contributed by atoms with Crippen LogP contribution >= 0.6 is 0 Å². The lowest BCUT2D eigenvalue weighted by Gasteiger charge is -2.18. The average molecular weight is 312 g/mol. The van der Waals surface area contributed by atoms with Crippen molar-refractivity contribution in [2.45, 2.75) is 31.2 Å². The average Bonchev–Trinajstić information content (AvgIpc) is 2.45. The second kappa shape index (κ2) is 6.82. The molecule has 116 valence electrons. The highest BCUT2D eigenvalue weighted by Gasteiger charge is 2.23. The predicted octanol–water partition coefficient (Wildman–Crippen LogP) is 1.03. The summed E-state index contributed by atoms with van der Waals surface area (Å²) in [6.07, 6.45) is 0.298. The van der Waals surface area contributed by atoms with E-state index in [1.165, 1.54) is 30.0 Å². The lowest BCUT2D eigenvalue weighted by molar-refractivity contribution is -0.130. The number of carbonyl (C=O) groups is 2. The molecule has 0 saturated carbocycles. The molecule has 0 aliphatic heterocycles. The van der Waals surface area contributed by atoms with E-state index >= 15 is 0 Å². The number of nitrogens with one attached hydrogen (secondary N) is 1. The number of hydrogen-bond acceptors (Lipinski definition) is 4. The molecule has 0 saturated heterocycles. The number of hydrogen-bond donors (Lipinski definition) is 1. The van der Waals surface area contributed by atoms with Crippen LogP contribution < -0.4 is 4.72 Å².